The standard InChI is InChI=1S/C12H11F3O/c1-8-7-10(4-3-9(2)16)5-6-11(8)12(13,14)15/h3-7H,1-2H3/b4-3+. The molecule has 0 spiro atoms. The largest absolute Gasteiger partial charge is 0.416 e. The summed E-state index contributed by atoms with van der Waals surface area (Å²) >= 11 is 0. The van der Waals surface area contributed by atoms with E-state index in [2.05, 4.69) is 0 Å². The maximum Gasteiger partial charge on any atom is 0.416 e. The van der Waals surface area contributed by atoms with Crippen LogP contribution in [0.2, 0.25) is 0 Å². The number of aryl methyl sites for hydroxylation is 1. The molecule has 0 atom stereocenters. The monoisotopic (exact) mass is 228 g/mol. The fourth-order valence-corrected chi connectivity index (χ4v) is 1.32. The van der Waals surface area contributed by atoms with Crippen molar-refractivity contribution in [2.24, 2.45) is 0 Å². The van der Waals surface area contributed by atoms with E-state index in [0.717, 1.165) is 6.07 Å². The molecule has 0 aromatic heterocycles. The summed E-state index contributed by atoms with van der Waals surface area (Å²) in [6.45, 7) is 2.78. The van der Waals surface area contributed by atoms with Gasteiger partial charge >= 0.3 is 6.18 Å². The highest BCUT2D eigenvalue weighted by molar-refractivity contribution is 5.91. The molecule has 0 saturated carbocycles. The minimum Gasteiger partial charge on any atom is -0.295 e. The Hall–Kier alpha value is -1.58. The Bertz CT molecular complexity index is 430. The number of alkyl halides is 3. The second kappa shape index (κ2) is 4.51. The van der Waals surface area contributed by atoms with E-state index in [1.807, 2.05) is 0 Å². The van der Waals surface area contributed by atoms with E-state index in [4.69, 9.17) is 0 Å². The molecule has 0 bridgehead atoms. The summed E-state index contributed by atoms with van der Waals surface area (Å²) < 4.78 is 37.3. The predicted molar refractivity (Wildman–Crippen MR) is 55.9 cm³/mol. The van der Waals surface area contributed by atoms with E-state index >= 15 is 0 Å². The number of benzene rings is 1. The van der Waals surface area contributed by atoms with Crippen LogP contribution >= 0.6 is 0 Å². The van der Waals surface area contributed by atoms with Gasteiger partial charge in [0.05, 0.1) is 5.56 Å². The number of carbonyl (C=O) groups is 1. The van der Waals surface area contributed by atoms with Crippen LogP contribution in [0.3, 0.4) is 0 Å². The summed E-state index contributed by atoms with van der Waals surface area (Å²) in [5.74, 6) is -0.141. The van der Waals surface area contributed by atoms with Crippen LogP contribution in [0.15, 0.2) is 24.3 Å². The molecule has 86 valence electrons. The fraction of sp³-hybridized carbons (Fsp3) is 0.250. The molecule has 0 fully saturated rings. The van der Waals surface area contributed by atoms with Gasteiger partial charge in [-0.3, -0.25) is 4.79 Å². The molecule has 16 heavy (non-hydrogen) atoms. The highest BCUT2D eigenvalue weighted by atomic mass is 19.4. The lowest BCUT2D eigenvalue weighted by Crippen LogP contribution is -2.07. The van der Waals surface area contributed by atoms with Gasteiger partial charge in [-0.25, -0.2) is 0 Å². The van der Waals surface area contributed by atoms with Gasteiger partial charge < -0.3 is 0 Å². The number of allylic oxidation sites excluding steroid dienone is 1. The molecular formula is C12H11F3O. The highest BCUT2D eigenvalue weighted by Crippen LogP contribution is 2.32. The van der Waals surface area contributed by atoms with E-state index in [-0.39, 0.29) is 11.3 Å². The minimum absolute atomic E-state index is 0.141. The third-order valence-corrected chi connectivity index (χ3v) is 2.07. The smallest absolute Gasteiger partial charge is 0.295 e. The van der Waals surface area contributed by atoms with Gasteiger partial charge in [-0.05, 0) is 37.1 Å². The first-order valence-corrected chi connectivity index (χ1v) is 4.67. The van der Waals surface area contributed by atoms with Crippen LogP contribution in [0.5, 0.6) is 0 Å². The molecule has 0 N–H and O–H groups in total. The number of ketones is 1. The first-order chi connectivity index (χ1) is 7.30. The molecule has 1 rings (SSSR count). The third-order valence-electron chi connectivity index (χ3n) is 2.07. The Morgan fingerprint density at radius 2 is 1.94 bits per heavy atom. The van der Waals surface area contributed by atoms with E-state index in [0.29, 0.717) is 5.56 Å². The molecule has 0 unspecified atom stereocenters. The third kappa shape index (κ3) is 3.22. The van der Waals surface area contributed by atoms with Crippen LogP contribution in [0.4, 0.5) is 13.2 Å². The maximum atomic E-state index is 12.4. The van der Waals surface area contributed by atoms with Crippen molar-refractivity contribution in [3.63, 3.8) is 0 Å². The summed E-state index contributed by atoms with van der Waals surface area (Å²) in [4.78, 5) is 10.7. The molecule has 1 nitrogen and oxygen atoms in total. The van der Waals surface area contributed by atoms with Crippen LogP contribution in [-0.4, -0.2) is 5.78 Å². The van der Waals surface area contributed by atoms with Gasteiger partial charge in [0.25, 0.3) is 0 Å². The topological polar surface area (TPSA) is 17.1 Å². The van der Waals surface area contributed by atoms with Crippen LogP contribution in [-0.2, 0) is 11.0 Å². The molecule has 0 aliphatic heterocycles. The van der Waals surface area contributed by atoms with Crippen molar-refractivity contribution < 1.29 is 18.0 Å². The van der Waals surface area contributed by atoms with Gasteiger partial charge in [-0.2, -0.15) is 13.2 Å². The minimum atomic E-state index is -4.33. The fourth-order valence-electron chi connectivity index (χ4n) is 1.32. The maximum absolute atomic E-state index is 12.4. The van der Waals surface area contributed by atoms with Crippen LogP contribution in [0, 0.1) is 6.92 Å². The zero-order valence-electron chi connectivity index (χ0n) is 8.93. The number of halogens is 3. The van der Waals surface area contributed by atoms with Crippen LogP contribution < -0.4 is 0 Å². The summed E-state index contributed by atoms with van der Waals surface area (Å²) in [6, 6.07) is 3.77. The molecule has 1 aromatic carbocycles. The van der Waals surface area contributed by atoms with Gasteiger partial charge in [-0.1, -0.05) is 18.2 Å². The van der Waals surface area contributed by atoms with Crippen molar-refractivity contribution in [1.82, 2.24) is 0 Å². The molecule has 0 aliphatic rings. The SMILES string of the molecule is CC(=O)/C=C/c1ccc(C(F)(F)F)c(C)c1. The second-order valence-electron chi connectivity index (χ2n) is 3.52. The van der Waals surface area contributed by atoms with Gasteiger partial charge in [0.2, 0.25) is 0 Å². The number of rotatable bonds is 2. The zero-order valence-corrected chi connectivity index (χ0v) is 8.93. The average Bonchev–Trinajstić information content (AvgIpc) is 2.12. The molecule has 0 amide bonds. The van der Waals surface area contributed by atoms with E-state index in [1.54, 1.807) is 0 Å². The quantitative estimate of drug-likeness (QED) is 0.706. The van der Waals surface area contributed by atoms with E-state index < -0.39 is 11.7 Å². The Morgan fingerprint density at radius 3 is 2.38 bits per heavy atom. The van der Waals surface area contributed by atoms with Crippen molar-refractivity contribution >= 4 is 11.9 Å². The number of carbonyl (C=O) groups excluding carboxylic acids is 1. The molecule has 0 saturated heterocycles. The van der Waals surface area contributed by atoms with Crippen molar-refractivity contribution in [3.05, 3.63) is 41.0 Å². The Balaban J connectivity index is 3.05. The molecule has 0 aliphatic carbocycles. The van der Waals surface area contributed by atoms with Gasteiger partial charge in [0, 0.05) is 0 Å². The number of hydrogen-bond acceptors (Lipinski definition) is 1. The Kier molecular flexibility index (Phi) is 3.52. The van der Waals surface area contributed by atoms with Crippen molar-refractivity contribution in [2.45, 2.75) is 20.0 Å². The summed E-state index contributed by atoms with van der Waals surface area (Å²) in [5, 5.41) is 0. The lowest BCUT2D eigenvalue weighted by Gasteiger charge is -2.10. The lowest BCUT2D eigenvalue weighted by molar-refractivity contribution is -0.138. The lowest BCUT2D eigenvalue weighted by atomic mass is 10.0. The van der Waals surface area contributed by atoms with Crippen molar-refractivity contribution in [3.8, 4) is 0 Å². The van der Waals surface area contributed by atoms with Gasteiger partial charge in [0.15, 0.2) is 5.78 Å². The molecule has 0 heterocycles. The Morgan fingerprint density at radius 1 is 1.31 bits per heavy atom. The van der Waals surface area contributed by atoms with Crippen LogP contribution in [0.25, 0.3) is 6.08 Å². The highest BCUT2D eigenvalue weighted by Gasteiger charge is 2.31. The normalized spacial score (nSPS) is 12.1. The first kappa shape index (κ1) is 12.5. The summed E-state index contributed by atoms with van der Waals surface area (Å²) in [5.41, 5.74) is 0.0892. The first-order valence-electron chi connectivity index (χ1n) is 4.67. The average molecular weight is 228 g/mol. The van der Waals surface area contributed by atoms with E-state index in [1.165, 1.54) is 38.1 Å². The zero-order chi connectivity index (χ0) is 12.3. The molecule has 0 radical (unpaired) electrons. The Labute approximate surface area is 91.6 Å². The predicted octanol–water partition coefficient (Wildman–Crippen LogP) is 3.62. The summed E-state index contributed by atoms with van der Waals surface area (Å²) in [7, 11) is 0. The van der Waals surface area contributed by atoms with Crippen molar-refractivity contribution in [1.29, 1.82) is 0 Å². The van der Waals surface area contributed by atoms with Crippen LogP contribution in [0.1, 0.15) is 23.6 Å². The second-order valence-corrected chi connectivity index (χ2v) is 3.52. The summed E-state index contributed by atoms with van der Waals surface area (Å²) in [6.07, 6.45) is -1.51. The molecule has 1 aromatic rings. The van der Waals surface area contributed by atoms with Gasteiger partial charge in [0.1, 0.15) is 0 Å². The molecule has 4 heteroatoms. The van der Waals surface area contributed by atoms with E-state index in [9.17, 15) is 18.0 Å². The number of hydrogen-bond donors (Lipinski definition) is 0. The molecular weight excluding hydrogens is 217 g/mol. The van der Waals surface area contributed by atoms with Gasteiger partial charge in [-0.15, -0.1) is 0 Å². The van der Waals surface area contributed by atoms with Crippen molar-refractivity contribution in [2.75, 3.05) is 0 Å².